The van der Waals surface area contributed by atoms with Crippen LogP contribution in [0, 0.1) is 0 Å². The molecule has 78 valence electrons. The molecule has 0 N–H and O–H groups in total. The van der Waals surface area contributed by atoms with Crippen LogP contribution in [0.3, 0.4) is 0 Å². The molecule has 14 heavy (non-hydrogen) atoms. The topological polar surface area (TPSA) is 3.24 Å². The second-order valence-electron chi connectivity index (χ2n) is 3.82. The highest BCUT2D eigenvalue weighted by Crippen LogP contribution is 2.21. The first kappa shape index (κ1) is 11.5. The fourth-order valence-corrected chi connectivity index (χ4v) is 1.81. The molecule has 0 aliphatic carbocycles. The van der Waals surface area contributed by atoms with Gasteiger partial charge in [-0.3, -0.25) is 0 Å². The molecule has 1 nitrogen and oxygen atoms in total. The molecular formula is C12H18ClN. The highest BCUT2D eigenvalue weighted by atomic mass is 35.5. The van der Waals surface area contributed by atoms with Gasteiger partial charge in [-0.05, 0) is 31.6 Å². The fourth-order valence-electron chi connectivity index (χ4n) is 1.39. The van der Waals surface area contributed by atoms with Gasteiger partial charge in [0.15, 0.2) is 0 Å². The summed E-state index contributed by atoms with van der Waals surface area (Å²) in [4.78, 5) is 2.10. The lowest BCUT2D eigenvalue weighted by atomic mass is 10.1. The summed E-state index contributed by atoms with van der Waals surface area (Å²) in [6.45, 7) is 3.04. The maximum Gasteiger partial charge on any atom is 0.0712 e. The molecule has 0 bridgehead atoms. The molecule has 1 rings (SSSR count). The molecule has 0 saturated heterocycles. The zero-order chi connectivity index (χ0) is 10.6. The zero-order valence-electron chi connectivity index (χ0n) is 9.13. The van der Waals surface area contributed by atoms with Gasteiger partial charge in [-0.2, -0.15) is 0 Å². The smallest absolute Gasteiger partial charge is 0.0712 e. The van der Waals surface area contributed by atoms with Gasteiger partial charge in [0.25, 0.3) is 0 Å². The van der Waals surface area contributed by atoms with Crippen LogP contribution in [0.2, 0.25) is 0 Å². The van der Waals surface area contributed by atoms with E-state index < -0.39 is 0 Å². The van der Waals surface area contributed by atoms with Crippen LogP contribution in [0.4, 0.5) is 0 Å². The van der Waals surface area contributed by atoms with Crippen LogP contribution in [0.25, 0.3) is 0 Å². The van der Waals surface area contributed by atoms with Crippen LogP contribution in [0.5, 0.6) is 0 Å². The Bertz CT molecular complexity index is 266. The van der Waals surface area contributed by atoms with Crippen molar-refractivity contribution >= 4 is 11.6 Å². The zero-order valence-corrected chi connectivity index (χ0v) is 9.88. The lowest BCUT2D eigenvalue weighted by Crippen LogP contribution is -2.17. The number of likely N-dealkylation sites (N-methyl/N-ethyl adjacent to an activating group) is 1. The first-order valence-corrected chi connectivity index (χ1v) is 5.44. The van der Waals surface area contributed by atoms with E-state index in [-0.39, 0.29) is 5.38 Å². The summed E-state index contributed by atoms with van der Waals surface area (Å²) >= 11 is 6.26. The molecule has 1 aromatic carbocycles. The van der Waals surface area contributed by atoms with Crippen molar-refractivity contribution in [2.75, 3.05) is 20.6 Å². The largest absolute Gasteiger partial charge is 0.308 e. The average Bonchev–Trinajstić information content (AvgIpc) is 2.17. The van der Waals surface area contributed by atoms with Gasteiger partial charge in [-0.15, -0.1) is 11.6 Å². The molecule has 0 heterocycles. The molecule has 0 aliphatic rings. The Morgan fingerprint density at radius 1 is 1.21 bits per heavy atom. The van der Waals surface area contributed by atoms with Crippen molar-refractivity contribution < 1.29 is 0 Å². The van der Waals surface area contributed by atoms with E-state index in [4.69, 9.17) is 11.6 Å². The molecular weight excluding hydrogens is 194 g/mol. The summed E-state index contributed by atoms with van der Waals surface area (Å²) in [6.07, 6.45) is 1.08. The fraction of sp³-hybridized carbons (Fsp3) is 0.500. The standard InChI is InChI=1S/C12H18ClN/c1-4-10-5-7-11(8-6-10)12(13)9-14(2)3/h5-8,12H,4,9H2,1-3H3. The van der Waals surface area contributed by atoms with E-state index >= 15 is 0 Å². The molecule has 0 saturated carbocycles. The van der Waals surface area contributed by atoms with Gasteiger partial charge < -0.3 is 4.90 Å². The molecule has 1 unspecified atom stereocenters. The minimum absolute atomic E-state index is 0.0934. The first-order chi connectivity index (χ1) is 6.63. The number of alkyl halides is 1. The minimum atomic E-state index is 0.0934. The molecule has 0 aliphatic heterocycles. The second-order valence-corrected chi connectivity index (χ2v) is 4.35. The molecule has 1 aromatic rings. The van der Waals surface area contributed by atoms with E-state index in [1.807, 2.05) is 14.1 Å². The summed E-state index contributed by atoms with van der Waals surface area (Å²) in [5, 5.41) is 0.0934. The van der Waals surface area contributed by atoms with E-state index in [1.165, 1.54) is 11.1 Å². The summed E-state index contributed by atoms with van der Waals surface area (Å²) in [6, 6.07) is 8.56. The lowest BCUT2D eigenvalue weighted by molar-refractivity contribution is 0.408. The van der Waals surface area contributed by atoms with Gasteiger partial charge in [-0.25, -0.2) is 0 Å². The van der Waals surface area contributed by atoms with Crippen LogP contribution >= 0.6 is 11.6 Å². The second kappa shape index (κ2) is 5.38. The average molecular weight is 212 g/mol. The van der Waals surface area contributed by atoms with Crippen molar-refractivity contribution in [2.45, 2.75) is 18.7 Å². The van der Waals surface area contributed by atoms with Gasteiger partial charge in [0.05, 0.1) is 5.38 Å². The Morgan fingerprint density at radius 3 is 2.21 bits per heavy atom. The van der Waals surface area contributed by atoms with Crippen LogP contribution in [0.15, 0.2) is 24.3 Å². The molecule has 0 spiro atoms. The van der Waals surface area contributed by atoms with Gasteiger partial charge in [0.2, 0.25) is 0 Å². The number of halogens is 1. The first-order valence-electron chi connectivity index (χ1n) is 5.01. The van der Waals surface area contributed by atoms with Crippen molar-refractivity contribution in [1.82, 2.24) is 4.90 Å². The maximum absolute atomic E-state index is 6.26. The summed E-state index contributed by atoms with van der Waals surface area (Å²) in [5.41, 5.74) is 2.57. The number of hydrogen-bond donors (Lipinski definition) is 0. The Hall–Kier alpha value is -0.530. The van der Waals surface area contributed by atoms with Gasteiger partial charge in [0, 0.05) is 6.54 Å². The molecule has 0 radical (unpaired) electrons. The SMILES string of the molecule is CCc1ccc(C(Cl)CN(C)C)cc1. The number of aryl methyl sites for hydroxylation is 1. The van der Waals surface area contributed by atoms with E-state index in [0.717, 1.165) is 13.0 Å². The van der Waals surface area contributed by atoms with Crippen LogP contribution in [-0.4, -0.2) is 25.5 Å². The normalized spacial score (nSPS) is 13.2. The summed E-state index contributed by atoms with van der Waals surface area (Å²) < 4.78 is 0. The quantitative estimate of drug-likeness (QED) is 0.692. The Morgan fingerprint density at radius 2 is 1.79 bits per heavy atom. The number of hydrogen-bond acceptors (Lipinski definition) is 1. The molecule has 0 fully saturated rings. The molecule has 0 amide bonds. The maximum atomic E-state index is 6.26. The van der Waals surface area contributed by atoms with Crippen LogP contribution in [-0.2, 0) is 6.42 Å². The van der Waals surface area contributed by atoms with Crippen molar-refractivity contribution in [3.05, 3.63) is 35.4 Å². The van der Waals surface area contributed by atoms with E-state index in [1.54, 1.807) is 0 Å². The van der Waals surface area contributed by atoms with Crippen molar-refractivity contribution in [2.24, 2.45) is 0 Å². The van der Waals surface area contributed by atoms with Gasteiger partial charge in [-0.1, -0.05) is 31.2 Å². The Kier molecular flexibility index (Phi) is 4.43. The Labute approximate surface area is 91.7 Å². The van der Waals surface area contributed by atoms with Crippen molar-refractivity contribution in [1.29, 1.82) is 0 Å². The minimum Gasteiger partial charge on any atom is -0.308 e. The monoisotopic (exact) mass is 211 g/mol. The third-order valence-corrected chi connectivity index (χ3v) is 2.67. The number of rotatable bonds is 4. The molecule has 0 aromatic heterocycles. The summed E-state index contributed by atoms with van der Waals surface area (Å²) in [5.74, 6) is 0. The van der Waals surface area contributed by atoms with Crippen molar-refractivity contribution in [3.63, 3.8) is 0 Å². The number of benzene rings is 1. The molecule has 2 heteroatoms. The van der Waals surface area contributed by atoms with Crippen LogP contribution in [0.1, 0.15) is 23.4 Å². The third-order valence-electron chi connectivity index (χ3n) is 2.28. The van der Waals surface area contributed by atoms with E-state index in [2.05, 4.69) is 36.1 Å². The lowest BCUT2D eigenvalue weighted by Gasteiger charge is -2.15. The van der Waals surface area contributed by atoms with Gasteiger partial charge >= 0.3 is 0 Å². The van der Waals surface area contributed by atoms with E-state index in [9.17, 15) is 0 Å². The van der Waals surface area contributed by atoms with Crippen molar-refractivity contribution in [3.8, 4) is 0 Å². The Balaban J connectivity index is 2.66. The van der Waals surface area contributed by atoms with Gasteiger partial charge in [0.1, 0.15) is 0 Å². The van der Waals surface area contributed by atoms with Crippen LogP contribution < -0.4 is 0 Å². The summed E-state index contributed by atoms with van der Waals surface area (Å²) in [7, 11) is 4.07. The molecule has 1 atom stereocenters. The highest BCUT2D eigenvalue weighted by molar-refractivity contribution is 6.21. The predicted octanol–water partition coefficient (Wildman–Crippen LogP) is 3.09. The predicted molar refractivity (Wildman–Crippen MR) is 63.0 cm³/mol. The highest BCUT2D eigenvalue weighted by Gasteiger charge is 2.08. The third kappa shape index (κ3) is 3.32. The van der Waals surface area contributed by atoms with E-state index in [0.29, 0.717) is 0 Å². The number of nitrogens with zero attached hydrogens (tertiary/aromatic N) is 1.